The van der Waals surface area contributed by atoms with E-state index >= 15 is 0 Å². The van der Waals surface area contributed by atoms with Gasteiger partial charge < -0.3 is 9.84 Å². The molecular weight excluding hydrogens is 290 g/mol. The van der Waals surface area contributed by atoms with Gasteiger partial charge in [0.1, 0.15) is 11.3 Å². The summed E-state index contributed by atoms with van der Waals surface area (Å²) < 4.78 is 5.85. The molecule has 4 rings (SSSR count). The molecule has 1 aliphatic rings. The maximum Gasteiger partial charge on any atom is 0.340 e. The normalized spacial score (nSPS) is 13.9. The highest BCUT2D eigenvalue weighted by Gasteiger charge is 2.24. The Morgan fingerprint density at radius 3 is 2.74 bits per heavy atom. The molecule has 1 heterocycles. The molecule has 0 radical (unpaired) electrons. The van der Waals surface area contributed by atoms with Crippen LogP contribution in [0.2, 0.25) is 0 Å². The van der Waals surface area contributed by atoms with E-state index in [1.165, 1.54) is 24.6 Å². The molecule has 1 fully saturated rings. The molecule has 0 atom stereocenters. The number of pyridine rings is 1. The van der Waals surface area contributed by atoms with Crippen LogP contribution in [0.4, 0.5) is 0 Å². The van der Waals surface area contributed by atoms with Crippen LogP contribution >= 0.6 is 0 Å². The number of nitrogens with zero attached hydrogens (tertiary/aromatic N) is 1. The van der Waals surface area contributed by atoms with E-state index in [2.05, 4.69) is 11.1 Å². The van der Waals surface area contributed by atoms with Gasteiger partial charge in [-0.15, -0.1) is 0 Å². The number of hydrogen-bond donors (Lipinski definition) is 1. The summed E-state index contributed by atoms with van der Waals surface area (Å²) in [7, 11) is 0. The SMILES string of the molecule is O=C(O)c1c(Oc2cccc(C3CC3)c2)cnc2ccccc12. The van der Waals surface area contributed by atoms with Gasteiger partial charge in [-0.25, -0.2) is 4.79 Å². The molecule has 1 aromatic heterocycles. The quantitative estimate of drug-likeness (QED) is 0.765. The summed E-state index contributed by atoms with van der Waals surface area (Å²) in [6.45, 7) is 0. The van der Waals surface area contributed by atoms with Gasteiger partial charge in [-0.3, -0.25) is 4.98 Å². The fourth-order valence-corrected chi connectivity index (χ4v) is 2.80. The summed E-state index contributed by atoms with van der Waals surface area (Å²) in [6, 6.07) is 15.0. The maximum absolute atomic E-state index is 11.7. The average Bonchev–Trinajstić information content (AvgIpc) is 3.39. The summed E-state index contributed by atoms with van der Waals surface area (Å²) in [4.78, 5) is 16.0. The molecular formula is C19H15NO3. The third-order valence-electron chi connectivity index (χ3n) is 4.09. The third kappa shape index (κ3) is 2.63. The molecule has 0 aliphatic heterocycles. The predicted molar refractivity (Wildman–Crippen MR) is 87.2 cm³/mol. The van der Waals surface area contributed by atoms with Gasteiger partial charge in [0, 0.05) is 5.39 Å². The second-order valence-corrected chi connectivity index (χ2v) is 5.77. The van der Waals surface area contributed by atoms with Crippen molar-refractivity contribution in [1.29, 1.82) is 0 Å². The van der Waals surface area contributed by atoms with Crippen molar-refractivity contribution in [3.63, 3.8) is 0 Å². The van der Waals surface area contributed by atoms with Gasteiger partial charge in [-0.05, 0) is 42.5 Å². The smallest absolute Gasteiger partial charge is 0.340 e. The average molecular weight is 305 g/mol. The number of carboxylic acid groups (broad SMARTS) is 1. The zero-order valence-electron chi connectivity index (χ0n) is 12.4. The number of hydrogen-bond acceptors (Lipinski definition) is 3. The van der Waals surface area contributed by atoms with Crippen molar-refractivity contribution in [1.82, 2.24) is 4.98 Å². The lowest BCUT2D eigenvalue weighted by Crippen LogP contribution is -2.02. The fourth-order valence-electron chi connectivity index (χ4n) is 2.80. The Kier molecular flexibility index (Phi) is 3.23. The molecule has 0 bridgehead atoms. The standard InChI is InChI=1S/C19H15NO3/c21-19(22)18-15-6-1-2-7-16(15)20-11-17(18)23-14-5-3-4-13(10-14)12-8-9-12/h1-7,10-12H,8-9H2,(H,21,22). The molecule has 23 heavy (non-hydrogen) atoms. The first-order valence-corrected chi connectivity index (χ1v) is 7.61. The van der Waals surface area contributed by atoms with Crippen molar-refractivity contribution in [3.8, 4) is 11.5 Å². The number of rotatable bonds is 4. The van der Waals surface area contributed by atoms with Crippen LogP contribution in [-0.2, 0) is 0 Å². The van der Waals surface area contributed by atoms with E-state index in [0.717, 1.165) is 0 Å². The van der Waals surface area contributed by atoms with Crippen LogP contribution in [0.5, 0.6) is 11.5 Å². The minimum absolute atomic E-state index is 0.146. The monoisotopic (exact) mass is 305 g/mol. The van der Waals surface area contributed by atoms with E-state index in [0.29, 0.717) is 22.6 Å². The molecule has 0 spiro atoms. The van der Waals surface area contributed by atoms with Crippen molar-refractivity contribution in [2.45, 2.75) is 18.8 Å². The van der Waals surface area contributed by atoms with Gasteiger partial charge in [0.2, 0.25) is 0 Å². The van der Waals surface area contributed by atoms with Crippen molar-refractivity contribution >= 4 is 16.9 Å². The highest BCUT2D eigenvalue weighted by molar-refractivity contribution is 6.04. The number of para-hydroxylation sites is 1. The highest BCUT2D eigenvalue weighted by Crippen LogP contribution is 2.41. The molecule has 4 nitrogen and oxygen atoms in total. The van der Waals surface area contributed by atoms with E-state index in [1.54, 1.807) is 18.2 Å². The first kappa shape index (κ1) is 13.8. The Balaban J connectivity index is 1.77. The van der Waals surface area contributed by atoms with Crippen molar-refractivity contribution < 1.29 is 14.6 Å². The van der Waals surface area contributed by atoms with Crippen molar-refractivity contribution in [2.24, 2.45) is 0 Å². The zero-order chi connectivity index (χ0) is 15.8. The number of carboxylic acids is 1. The Labute approximate surface area is 133 Å². The lowest BCUT2D eigenvalue weighted by atomic mass is 10.1. The fraction of sp³-hybridized carbons (Fsp3) is 0.158. The number of carbonyl (C=O) groups is 1. The number of benzene rings is 2. The molecule has 3 aromatic rings. The van der Waals surface area contributed by atoms with E-state index in [1.807, 2.05) is 24.3 Å². The summed E-state index contributed by atoms with van der Waals surface area (Å²) in [6.07, 6.45) is 3.90. The number of ether oxygens (including phenoxy) is 1. The lowest BCUT2D eigenvalue weighted by Gasteiger charge is -2.11. The summed E-state index contributed by atoms with van der Waals surface area (Å²) in [5, 5.41) is 10.2. The van der Waals surface area contributed by atoms with Gasteiger partial charge in [-0.2, -0.15) is 0 Å². The summed E-state index contributed by atoms with van der Waals surface area (Å²) in [5.74, 6) is 0.516. The molecule has 0 saturated heterocycles. The van der Waals surface area contributed by atoms with Crippen LogP contribution in [0.3, 0.4) is 0 Å². The topological polar surface area (TPSA) is 59.4 Å². The Morgan fingerprint density at radius 1 is 1.13 bits per heavy atom. The molecule has 1 N–H and O–H groups in total. The second-order valence-electron chi connectivity index (χ2n) is 5.77. The number of aromatic nitrogens is 1. The van der Waals surface area contributed by atoms with E-state index < -0.39 is 5.97 Å². The first-order chi connectivity index (χ1) is 11.2. The Hall–Kier alpha value is -2.88. The lowest BCUT2D eigenvalue weighted by molar-refractivity contribution is 0.0696. The van der Waals surface area contributed by atoms with Crippen LogP contribution < -0.4 is 4.74 Å². The van der Waals surface area contributed by atoms with Crippen LogP contribution in [0.1, 0.15) is 34.7 Å². The second kappa shape index (κ2) is 5.39. The van der Waals surface area contributed by atoms with Gasteiger partial charge in [0.05, 0.1) is 11.7 Å². The summed E-state index contributed by atoms with van der Waals surface area (Å²) >= 11 is 0. The van der Waals surface area contributed by atoms with Crippen LogP contribution in [0, 0.1) is 0 Å². The molecule has 0 unspecified atom stereocenters. The molecule has 0 amide bonds. The number of aromatic carboxylic acids is 1. The van der Waals surface area contributed by atoms with Gasteiger partial charge >= 0.3 is 5.97 Å². The van der Waals surface area contributed by atoms with E-state index in [-0.39, 0.29) is 11.3 Å². The Morgan fingerprint density at radius 2 is 1.96 bits per heavy atom. The van der Waals surface area contributed by atoms with Crippen LogP contribution in [0.15, 0.2) is 54.7 Å². The minimum Gasteiger partial charge on any atom is -0.478 e. The highest BCUT2D eigenvalue weighted by atomic mass is 16.5. The van der Waals surface area contributed by atoms with Crippen molar-refractivity contribution in [2.75, 3.05) is 0 Å². The minimum atomic E-state index is -1.02. The molecule has 2 aromatic carbocycles. The van der Waals surface area contributed by atoms with Crippen LogP contribution in [-0.4, -0.2) is 16.1 Å². The number of fused-ring (bicyclic) bond motifs is 1. The Bertz CT molecular complexity index is 900. The van der Waals surface area contributed by atoms with Gasteiger partial charge in [0.15, 0.2) is 5.75 Å². The largest absolute Gasteiger partial charge is 0.478 e. The molecule has 1 saturated carbocycles. The van der Waals surface area contributed by atoms with Crippen molar-refractivity contribution in [3.05, 3.63) is 65.9 Å². The third-order valence-corrected chi connectivity index (χ3v) is 4.09. The molecule has 114 valence electrons. The first-order valence-electron chi connectivity index (χ1n) is 7.61. The molecule has 4 heteroatoms. The summed E-state index contributed by atoms with van der Waals surface area (Å²) in [5.41, 5.74) is 2.03. The molecule has 1 aliphatic carbocycles. The van der Waals surface area contributed by atoms with Gasteiger partial charge in [0.25, 0.3) is 0 Å². The van der Waals surface area contributed by atoms with Crippen LogP contribution in [0.25, 0.3) is 10.9 Å². The zero-order valence-corrected chi connectivity index (χ0v) is 12.4. The van der Waals surface area contributed by atoms with E-state index in [9.17, 15) is 9.90 Å². The van der Waals surface area contributed by atoms with Gasteiger partial charge in [-0.1, -0.05) is 30.3 Å². The van der Waals surface area contributed by atoms with E-state index in [4.69, 9.17) is 4.74 Å². The predicted octanol–water partition coefficient (Wildman–Crippen LogP) is 4.60. The maximum atomic E-state index is 11.7.